The summed E-state index contributed by atoms with van der Waals surface area (Å²) in [5.74, 6) is 0.0982. The summed E-state index contributed by atoms with van der Waals surface area (Å²) in [5, 5.41) is 9.18. The van der Waals surface area contributed by atoms with E-state index in [0.29, 0.717) is 17.1 Å². The van der Waals surface area contributed by atoms with Crippen LogP contribution >= 0.6 is 0 Å². The molecule has 0 saturated carbocycles. The SMILES string of the molecule is O=C(OCc1coc(-c2ccccc2)n1)c1ccc(O)cc1. The van der Waals surface area contributed by atoms with Crippen molar-refractivity contribution < 1.29 is 19.1 Å². The Bertz CT molecular complexity index is 763. The number of hydrogen-bond donors (Lipinski definition) is 1. The molecule has 5 heteroatoms. The zero-order valence-electron chi connectivity index (χ0n) is 11.6. The Morgan fingerprint density at radius 1 is 1.09 bits per heavy atom. The van der Waals surface area contributed by atoms with Crippen molar-refractivity contribution in [2.24, 2.45) is 0 Å². The first-order chi connectivity index (χ1) is 10.7. The first-order valence-corrected chi connectivity index (χ1v) is 6.68. The molecule has 1 heterocycles. The monoisotopic (exact) mass is 295 g/mol. The smallest absolute Gasteiger partial charge is 0.338 e. The molecule has 0 aliphatic carbocycles. The summed E-state index contributed by atoms with van der Waals surface area (Å²) in [5.41, 5.74) is 1.76. The van der Waals surface area contributed by atoms with Gasteiger partial charge in [0.15, 0.2) is 0 Å². The van der Waals surface area contributed by atoms with Crippen molar-refractivity contribution in [3.63, 3.8) is 0 Å². The highest BCUT2D eigenvalue weighted by atomic mass is 16.5. The lowest BCUT2D eigenvalue weighted by Gasteiger charge is -2.02. The number of carbonyl (C=O) groups excluding carboxylic acids is 1. The number of benzene rings is 2. The predicted molar refractivity (Wildman–Crippen MR) is 79.2 cm³/mol. The number of nitrogens with zero attached hydrogens (tertiary/aromatic N) is 1. The molecule has 22 heavy (non-hydrogen) atoms. The predicted octanol–water partition coefficient (Wildman–Crippen LogP) is 3.40. The number of carbonyl (C=O) groups is 1. The highest BCUT2D eigenvalue weighted by Crippen LogP contribution is 2.18. The van der Waals surface area contributed by atoms with Gasteiger partial charge in [-0.15, -0.1) is 0 Å². The summed E-state index contributed by atoms with van der Waals surface area (Å²) in [4.78, 5) is 16.1. The molecule has 5 nitrogen and oxygen atoms in total. The molecule has 0 spiro atoms. The Morgan fingerprint density at radius 2 is 1.82 bits per heavy atom. The van der Waals surface area contributed by atoms with E-state index in [-0.39, 0.29) is 12.4 Å². The molecule has 0 saturated heterocycles. The summed E-state index contributed by atoms with van der Waals surface area (Å²) >= 11 is 0. The molecule has 0 aliphatic rings. The van der Waals surface area contributed by atoms with Gasteiger partial charge in [-0.25, -0.2) is 9.78 Å². The summed E-state index contributed by atoms with van der Waals surface area (Å²) < 4.78 is 10.5. The van der Waals surface area contributed by atoms with Crippen LogP contribution in [-0.4, -0.2) is 16.1 Å². The van der Waals surface area contributed by atoms with E-state index in [1.54, 1.807) is 0 Å². The summed E-state index contributed by atoms with van der Waals surface area (Å²) in [6.45, 7) is 0.0239. The van der Waals surface area contributed by atoms with Gasteiger partial charge in [0.05, 0.1) is 5.56 Å². The number of esters is 1. The molecular formula is C17H13NO4. The minimum atomic E-state index is -0.482. The molecule has 1 aromatic heterocycles. The number of aromatic nitrogens is 1. The van der Waals surface area contributed by atoms with Gasteiger partial charge in [-0.2, -0.15) is 0 Å². The molecule has 1 N–H and O–H groups in total. The lowest BCUT2D eigenvalue weighted by atomic mass is 10.2. The van der Waals surface area contributed by atoms with Crippen LogP contribution in [0.2, 0.25) is 0 Å². The van der Waals surface area contributed by atoms with Crippen LogP contribution in [0.15, 0.2) is 65.3 Å². The van der Waals surface area contributed by atoms with Gasteiger partial charge in [0.25, 0.3) is 0 Å². The molecule has 2 aromatic carbocycles. The van der Waals surface area contributed by atoms with Crippen molar-refractivity contribution in [1.82, 2.24) is 4.98 Å². The third-order valence-corrected chi connectivity index (χ3v) is 3.03. The molecule has 0 aliphatic heterocycles. The average molecular weight is 295 g/mol. The van der Waals surface area contributed by atoms with Crippen molar-refractivity contribution in [2.75, 3.05) is 0 Å². The van der Waals surface area contributed by atoms with E-state index in [0.717, 1.165) is 5.56 Å². The van der Waals surface area contributed by atoms with Crippen molar-refractivity contribution in [3.8, 4) is 17.2 Å². The van der Waals surface area contributed by atoms with Crippen LogP contribution in [0, 0.1) is 0 Å². The molecule has 0 amide bonds. The standard InChI is InChI=1S/C17H13NO4/c19-15-8-6-13(7-9-15)17(20)22-11-14-10-21-16(18-14)12-4-2-1-3-5-12/h1-10,19H,11H2. The normalized spacial score (nSPS) is 10.4. The number of oxazole rings is 1. The molecule has 3 aromatic rings. The maximum Gasteiger partial charge on any atom is 0.338 e. The van der Waals surface area contributed by atoms with Crippen LogP contribution in [0.5, 0.6) is 5.75 Å². The van der Waals surface area contributed by atoms with Crippen molar-refractivity contribution in [1.29, 1.82) is 0 Å². The molecule has 0 bridgehead atoms. The van der Waals surface area contributed by atoms with Gasteiger partial charge in [0.2, 0.25) is 5.89 Å². The maximum atomic E-state index is 11.8. The van der Waals surface area contributed by atoms with Gasteiger partial charge in [0, 0.05) is 5.56 Å². The third kappa shape index (κ3) is 3.15. The Labute approximate surface area is 126 Å². The van der Waals surface area contributed by atoms with Gasteiger partial charge >= 0.3 is 5.97 Å². The fourth-order valence-corrected chi connectivity index (χ4v) is 1.91. The number of hydrogen-bond acceptors (Lipinski definition) is 5. The quantitative estimate of drug-likeness (QED) is 0.747. The molecule has 0 fully saturated rings. The van der Waals surface area contributed by atoms with Gasteiger partial charge in [-0.3, -0.25) is 0 Å². The minimum absolute atomic E-state index is 0.0239. The largest absolute Gasteiger partial charge is 0.508 e. The Hall–Kier alpha value is -3.08. The molecule has 0 atom stereocenters. The highest BCUT2D eigenvalue weighted by molar-refractivity contribution is 5.89. The highest BCUT2D eigenvalue weighted by Gasteiger charge is 2.10. The lowest BCUT2D eigenvalue weighted by molar-refractivity contribution is 0.0468. The van der Waals surface area contributed by atoms with E-state index in [4.69, 9.17) is 9.15 Å². The van der Waals surface area contributed by atoms with Gasteiger partial charge in [-0.05, 0) is 36.4 Å². The Kier molecular flexibility index (Phi) is 3.87. The first-order valence-electron chi connectivity index (χ1n) is 6.68. The van der Waals surface area contributed by atoms with Gasteiger partial charge in [-0.1, -0.05) is 18.2 Å². The average Bonchev–Trinajstić information content (AvgIpc) is 3.03. The van der Waals surface area contributed by atoms with Gasteiger partial charge in [0.1, 0.15) is 24.3 Å². The van der Waals surface area contributed by atoms with E-state index in [2.05, 4.69) is 4.98 Å². The maximum absolute atomic E-state index is 11.8. The fraction of sp³-hybridized carbons (Fsp3) is 0.0588. The molecule has 110 valence electrons. The van der Waals surface area contributed by atoms with E-state index >= 15 is 0 Å². The van der Waals surface area contributed by atoms with Gasteiger partial charge < -0.3 is 14.3 Å². The van der Waals surface area contributed by atoms with Crippen LogP contribution in [0.4, 0.5) is 0 Å². The van der Waals surface area contributed by atoms with Crippen molar-refractivity contribution in [3.05, 3.63) is 72.1 Å². The number of aromatic hydroxyl groups is 1. The number of rotatable bonds is 4. The van der Waals surface area contributed by atoms with E-state index < -0.39 is 5.97 Å². The number of ether oxygens (including phenoxy) is 1. The van der Waals surface area contributed by atoms with Crippen LogP contribution < -0.4 is 0 Å². The number of phenolic OH excluding ortho intramolecular Hbond substituents is 1. The summed E-state index contributed by atoms with van der Waals surface area (Å²) in [6.07, 6.45) is 1.46. The van der Waals surface area contributed by atoms with Crippen molar-refractivity contribution >= 4 is 5.97 Å². The minimum Gasteiger partial charge on any atom is -0.508 e. The first kappa shape index (κ1) is 13.9. The van der Waals surface area contributed by atoms with Crippen LogP contribution in [0.1, 0.15) is 16.1 Å². The van der Waals surface area contributed by atoms with Crippen LogP contribution in [0.25, 0.3) is 11.5 Å². The van der Waals surface area contributed by atoms with E-state index in [9.17, 15) is 9.90 Å². The topological polar surface area (TPSA) is 72.6 Å². The molecule has 3 rings (SSSR count). The molecule has 0 radical (unpaired) electrons. The lowest BCUT2D eigenvalue weighted by Crippen LogP contribution is -2.05. The third-order valence-electron chi connectivity index (χ3n) is 3.03. The number of phenols is 1. The molecule has 0 unspecified atom stereocenters. The fourth-order valence-electron chi connectivity index (χ4n) is 1.91. The summed E-state index contributed by atoms with van der Waals surface area (Å²) in [6, 6.07) is 15.3. The zero-order chi connectivity index (χ0) is 15.4. The Balaban J connectivity index is 1.64. The summed E-state index contributed by atoms with van der Waals surface area (Å²) in [7, 11) is 0. The zero-order valence-corrected chi connectivity index (χ0v) is 11.6. The van der Waals surface area contributed by atoms with E-state index in [1.165, 1.54) is 30.5 Å². The second-order valence-electron chi connectivity index (χ2n) is 4.63. The van der Waals surface area contributed by atoms with Crippen LogP contribution in [-0.2, 0) is 11.3 Å². The van der Waals surface area contributed by atoms with Crippen molar-refractivity contribution in [2.45, 2.75) is 6.61 Å². The second-order valence-corrected chi connectivity index (χ2v) is 4.63. The van der Waals surface area contributed by atoms with Crippen LogP contribution in [0.3, 0.4) is 0 Å². The second kappa shape index (κ2) is 6.13. The van der Waals surface area contributed by atoms with E-state index in [1.807, 2.05) is 30.3 Å². The Morgan fingerprint density at radius 3 is 2.55 bits per heavy atom. The molecular weight excluding hydrogens is 282 g/mol.